The molecule has 1 atom stereocenters. The number of thioether (sulfide) groups is 1. The normalized spacial score (nSPS) is 20.9. The molecule has 0 saturated carbocycles. The summed E-state index contributed by atoms with van der Waals surface area (Å²) in [5, 5.41) is 4.37. The van der Waals surface area contributed by atoms with Crippen LogP contribution in [-0.4, -0.2) is 35.1 Å². The smallest absolute Gasteiger partial charge is 0.317 e. The van der Waals surface area contributed by atoms with Gasteiger partial charge in [-0.3, -0.25) is 4.79 Å². The van der Waals surface area contributed by atoms with Gasteiger partial charge >= 0.3 is 5.97 Å². The minimum absolute atomic E-state index is 0.249. The number of thiazole rings is 1. The molecule has 0 bridgehead atoms. The van der Waals surface area contributed by atoms with Crippen LogP contribution in [0.25, 0.3) is 0 Å². The second-order valence-corrected chi connectivity index (χ2v) is 9.81. The Morgan fingerprint density at radius 2 is 2.18 bits per heavy atom. The van der Waals surface area contributed by atoms with Crippen LogP contribution in [0.2, 0.25) is 0 Å². The van der Waals surface area contributed by atoms with Crippen LogP contribution in [0.3, 0.4) is 0 Å². The summed E-state index contributed by atoms with van der Waals surface area (Å²) < 4.78 is 5.23. The number of aromatic nitrogens is 1. The van der Waals surface area contributed by atoms with Crippen LogP contribution >= 0.6 is 23.1 Å². The van der Waals surface area contributed by atoms with Crippen molar-refractivity contribution >= 4 is 34.2 Å². The second-order valence-electron chi connectivity index (χ2n) is 6.86. The number of anilines is 1. The van der Waals surface area contributed by atoms with E-state index >= 15 is 0 Å². The van der Waals surface area contributed by atoms with Crippen LogP contribution in [0.5, 0.6) is 0 Å². The Morgan fingerprint density at radius 3 is 2.73 bits per heavy atom. The van der Waals surface area contributed by atoms with Gasteiger partial charge in [0.25, 0.3) is 0 Å². The largest absolute Gasteiger partial charge is 0.468 e. The molecule has 2 rings (SSSR count). The Kier molecular flexibility index (Phi) is 5.12. The van der Waals surface area contributed by atoms with Gasteiger partial charge in [-0.25, -0.2) is 4.98 Å². The molecule has 0 amide bonds. The minimum Gasteiger partial charge on any atom is -0.468 e. The molecule has 1 aliphatic rings. The van der Waals surface area contributed by atoms with Gasteiger partial charge in [-0.15, -0.1) is 11.3 Å². The summed E-state index contributed by atoms with van der Waals surface area (Å²) in [6.45, 7) is 11.3. The number of nitrogens with zero attached hydrogens (tertiary/aromatic N) is 1. The highest BCUT2D eigenvalue weighted by Crippen LogP contribution is 2.42. The zero-order valence-corrected chi connectivity index (χ0v) is 15.9. The first kappa shape index (κ1) is 17.6. The fourth-order valence-electron chi connectivity index (χ4n) is 2.89. The molecule has 1 aromatic heterocycles. The maximum atomic E-state index is 12.0. The number of hydrogen-bond acceptors (Lipinski definition) is 6. The average molecular weight is 343 g/mol. The van der Waals surface area contributed by atoms with E-state index in [-0.39, 0.29) is 5.97 Å². The number of rotatable bonds is 5. The molecular weight excluding hydrogens is 316 g/mol. The van der Waals surface area contributed by atoms with Crippen LogP contribution < -0.4 is 5.32 Å². The topological polar surface area (TPSA) is 51.2 Å². The minimum atomic E-state index is -0.711. The fourth-order valence-corrected chi connectivity index (χ4v) is 5.24. The summed E-state index contributed by atoms with van der Waals surface area (Å²) in [6.07, 6.45) is 1.25. The van der Waals surface area contributed by atoms with E-state index < -0.39 is 5.41 Å². The monoisotopic (exact) mass is 342 g/mol. The molecule has 1 unspecified atom stereocenters. The van der Waals surface area contributed by atoms with Crippen LogP contribution in [-0.2, 0) is 14.9 Å². The number of hydrogen-bond donors (Lipinski definition) is 1. The van der Waals surface area contributed by atoms with Crippen LogP contribution in [0.1, 0.15) is 44.7 Å². The van der Waals surface area contributed by atoms with E-state index in [0.29, 0.717) is 10.7 Å². The van der Waals surface area contributed by atoms with Crippen molar-refractivity contribution in [1.29, 1.82) is 0 Å². The van der Waals surface area contributed by atoms with Crippen molar-refractivity contribution in [3.05, 3.63) is 10.6 Å². The molecule has 2 heterocycles. The molecular formula is C16H26N2O2S2. The van der Waals surface area contributed by atoms with E-state index in [2.05, 4.69) is 24.1 Å². The molecule has 1 aromatic rings. The van der Waals surface area contributed by atoms with Gasteiger partial charge in [0, 0.05) is 16.2 Å². The summed E-state index contributed by atoms with van der Waals surface area (Å²) in [5.74, 6) is 1.64. The zero-order chi connectivity index (χ0) is 16.5. The van der Waals surface area contributed by atoms with E-state index in [0.717, 1.165) is 22.2 Å². The van der Waals surface area contributed by atoms with Crippen molar-refractivity contribution < 1.29 is 9.53 Å². The number of esters is 1. The maximum Gasteiger partial charge on any atom is 0.317 e. The van der Waals surface area contributed by atoms with Crippen molar-refractivity contribution in [1.82, 2.24) is 4.98 Å². The van der Waals surface area contributed by atoms with Crippen molar-refractivity contribution in [2.24, 2.45) is 5.92 Å². The van der Waals surface area contributed by atoms with E-state index in [4.69, 9.17) is 4.74 Å². The Balaban J connectivity index is 2.09. The van der Waals surface area contributed by atoms with Crippen LogP contribution in [0.4, 0.5) is 5.13 Å². The van der Waals surface area contributed by atoms with Gasteiger partial charge in [0.2, 0.25) is 0 Å². The van der Waals surface area contributed by atoms with Gasteiger partial charge in [-0.05, 0) is 38.9 Å². The highest BCUT2D eigenvalue weighted by atomic mass is 32.2. The molecule has 22 heavy (non-hydrogen) atoms. The van der Waals surface area contributed by atoms with Crippen molar-refractivity contribution in [3.8, 4) is 0 Å². The van der Waals surface area contributed by atoms with E-state index in [1.165, 1.54) is 19.3 Å². The highest BCUT2D eigenvalue weighted by Gasteiger charge is 2.37. The summed E-state index contributed by atoms with van der Waals surface area (Å²) in [7, 11) is 1.42. The predicted molar refractivity (Wildman–Crippen MR) is 95.0 cm³/mol. The Morgan fingerprint density at radius 1 is 1.50 bits per heavy atom. The van der Waals surface area contributed by atoms with E-state index in [9.17, 15) is 4.79 Å². The first-order valence-corrected chi connectivity index (χ1v) is 9.43. The molecule has 0 spiro atoms. The third-order valence-electron chi connectivity index (χ3n) is 4.51. The quantitative estimate of drug-likeness (QED) is 0.824. The lowest BCUT2D eigenvalue weighted by atomic mass is 9.89. The Bertz CT molecular complexity index is 552. The third-order valence-corrected chi connectivity index (χ3v) is 6.95. The van der Waals surface area contributed by atoms with Crippen LogP contribution in [0.15, 0.2) is 0 Å². The first-order valence-electron chi connectivity index (χ1n) is 7.62. The summed E-state index contributed by atoms with van der Waals surface area (Å²) in [4.78, 5) is 17.7. The van der Waals surface area contributed by atoms with Gasteiger partial charge in [0.15, 0.2) is 5.13 Å². The number of carbonyl (C=O) groups is 1. The number of ether oxygens (including phenoxy) is 1. The van der Waals surface area contributed by atoms with Crippen molar-refractivity contribution in [2.45, 2.75) is 51.2 Å². The molecule has 1 aliphatic heterocycles. The summed E-state index contributed by atoms with van der Waals surface area (Å²) in [5.41, 5.74) is 0.101. The van der Waals surface area contributed by atoms with Gasteiger partial charge in [-0.1, -0.05) is 13.8 Å². The molecule has 1 N–H and O–H groups in total. The number of methoxy groups -OCH3 is 1. The van der Waals surface area contributed by atoms with E-state index in [1.54, 1.807) is 11.3 Å². The highest BCUT2D eigenvalue weighted by molar-refractivity contribution is 8.00. The standard InChI is InChI=1S/C16H26N2O2S2/c1-10-12(15(2,3)13(19)20-6)18-14(22-10)17-9-11-7-8-21-16(11,4)5/h11H,7-9H2,1-6H3,(H,17,18). The van der Waals surface area contributed by atoms with Crippen molar-refractivity contribution in [3.63, 3.8) is 0 Å². The zero-order valence-electron chi connectivity index (χ0n) is 14.3. The average Bonchev–Trinajstić information content (AvgIpc) is 2.98. The van der Waals surface area contributed by atoms with Crippen molar-refractivity contribution in [2.75, 3.05) is 24.7 Å². The van der Waals surface area contributed by atoms with Gasteiger partial charge < -0.3 is 10.1 Å². The predicted octanol–water partition coefficient (Wildman–Crippen LogP) is 3.85. The number of aryl methyl sites for hydroxylation is 1. The third kappa shape index (κ3) is 3.43. The molecule has 4 nitrogen and oxygen atoms in total. The van der Waals surface area contributed by atoms with Gasteiger partial charge in [0.05, 0.1) is 12.8 Å². The Hall–Kier alpha value is -0.750. The first-order chi connectivity index (χ1) is 10.2. The lowest BCUT2D eigenvalue weighted by Crippen LogP contribution is -2.31. The molecule has 1 fully saturated rings. The fraction of sp³-hybridized carbons (Fsp3) is 0.750. The Labute approximate surface area is 141 Å². The molecule has 0 aliphatic carbocycles. The number of nitrogens with one attached hydrogen (secondary N) is 1. The lowest BCUT2D eigenvalue weighted by Gasteiger charge is -2.26. The van der Waals surface area contributed by atoms with Gasteiger partial charge in [0.1, 0.15) is 5.41 Å². The molecule has 0 aromatic carbocycles. The van der Waals surface area contributed by atoms with E-state index in [1.807, 2.05) is 32.5 Å². The maximum absolute atomic E-state index is 12.0. The molecule has 1 saturated heterocycles. The number of carbonyl (C=O) groups excluding carboxylic acids is 1. The van der Waals surface area contributed by atoms with Gasteiger partial charge in [-0.2, -0.15) is 11.8 Å². The molecule has 124 valence electrons. The second kappa shape index (κ2) is 6.40. The molecule has 6 heteroatoms. The SMILES string of the molecule is COC(=O)C(C)(C)c1nc(NCC2CCSC2(C)C)sc1C. The van der Waals surface area contributed by atoms with Crippen LogP contribution in [0, 0.1) is 12.8 Å². The lowest BCUT2D eigenvalue weighted by molar-refractivity contribution is -0.146. The molecule has 0 radical (unpaired) electrons. The summed E-state index contributed by atoms with van der Waals surface area (Å²) >= 11 is 3.66. The summed E-state index contributed by atoms with van der Waals surface area (Å²) in [6, 6.07) is 0.